The first-order chi connectivity index (χ1) is 7.60. The zero-order chi connectivity index (χ0) is 12.1. The van der Waals surface area contributed by atoms with E-state index in [4.69, 9.17) is 16.3 Å². The van der Waals surface area contributed by atoms with Crippen molar-refractivity contribution in [2.45, 2.75) is 0 Å². The van der Waals surface area contributed by atoms with Gasteiger partial charge < -0.3 is 10.1 Å². The first-order valence-electron chi connectivity index (χ1n) is 4.36. The molecule has 16 heavy (non-hydrogen) atoms. The highest BCUT2D eigenvalue weighted by atomic mass is 35.5. The molecule has 0 unspecified atom stereocenters. The summed E-state index contributed by atoms with van der Waals surface area (Å²) in [6.45, 7) is 3.61. The van der Waals surface area contributed by atoms with Crippen molar-refractivity contribution in [3.63, 3.8) is 0 Å². The van der Waals surface area contributed by atoms with Crippen molar-refractivity contribution in [2.24, 2.45) is 0 Å². The molecule has 0 aliphatic rings. The van der Waals surface area contributed by atoms with Crippen molar-refractivity contribution in [2.75, 3.05) is 19.0 Å². The summed E-state index contributed by atoms with van der Waals surface area (Å²) in [6, 6.07) is 1.30. The van der Waals surface area contributed by atoms with Crippen LogP contribution in [-0.4, -0.2) is 23.6 Å². The van der Waals surface area contributed by atoms with Gasteiger partial charge >= 0.3 is 5.69 Å². The molecule has 1 aromatic rings. The van der Waals surface area contributed by atoms with E-state index in [1.807, 2.05) is 0 Å². The molecule has 0 aliphatic heterocycles. The summed E-state index contributed by atoms with van der Waals surface area (Å²) in [5.41, 5.74) is -0.242. The molecule has 7 heteroatoms. The van der Waals surface area contributed by atoms with Crippen LogP contribution >= 0.6 is 11.6 Å². The predicted molar refractivity (Wildman–Crippen MR) is 61.1 cm³/mol. The average molecular weight is 244 g/mol. The van der Waals surface area contributed by atoms with E-state index in [0.29, 0.717) is 0 Å². The van der Waals surface area contributed by atoms with Crippen LogP contribution in [0, 0.1) is 10.1 Å². The highest BCUT2D eigenvalue weighted by molar-refractivity contribution is 6.29. The molecule has 0 bridgehead atoms. The number of halogens is 1. The fourth-order valence-electron chi connectivity index (χ4n) is 1.09. The lowest BCUT2D eigenvalue weighted by Gasteiger charge is -2.07. The maximum Gasteiger partial charge on any atom is 0.352 e. The minimum absolute atomic E-state index is 0.0641. The van der Waals surface area contributed by atoms with Crippen molar-refractivity contribution >= 4 is 23.1 Å². The van der Waals surface area contributed by atoms with Crippen LogP contribution in [0.15, 0.2) is 18.7 Å². The molecular formula is C9H10ClN3O3. The fraction of sp³-hybridized carbons (Fsp3) is 0.222. The third-order valence-electron chi connectivity index (χ3n) is 1.70. The van der Waals surface area contributed by atoms with Crippen molar-refractivity contribution in [3.05, 3.63) is 34.0 Å². The van der Waals surface area contributed by atoms with Gasteiger partial charge in [0.25, 0.3) is 0 Å². The lowest BCUT2D eigenvalue weighted by molar-refractivity contribution is -0.385. The molecule has 0 saturated carbocycles. The Morgan fingerprint density at radius 1 is 1.81 bits per heavy atom. The quantitative estimate of drug-likeness (QED) is 0.371. The van der Waals surface area contributed by atoms with Gasteiger partial charge in [0.1, 0.15) is 11.8 Å². The van der Waals surface area contributed by atoms with Gasteiger partial charge in [-0.15, -0.1) is 0 Å². The first kappa shape index (κ1) is 12.3. The minimum Gasteiger partial charge on any atom is -0.482 e. The summed E-state index contributed by atoms with van der Waals surface area (Å²) in [5.74, 6) is 0.130. The second kappa shape index (κ2) is 5.32. The molecule has 0 spiro atoms. The van der Waals surface area contributed by atoms with Crippen LogP contribution in [0.1, 0.15) is 0 Å². The van der Waals surface area contributed by atoms with Gasteiger partial charge in [-0.05, 0) is 0 Å². The largest absolute Gasteiger partial charge is 0.482 e. The summed E-state index contributed by atoms with van der Waals surface area (Å²) in [7, 11) is 1.52. The Morgan fingerprint density at radius 2 is 2.50 bits per heavy atom. The van der Waals surface area contributed by atoms with Gasteiger partial charge in [-0.25, -0.2) is 4.98 Å². The standard InChI is InChI=1S/C9H10ClN3O3/c1-3-4-16-6-5-7(10)12-9(11-2)8(6)13(14)15/h3,5H,1,4H2,2H3,(H,11,12). The van der Waals surface area contributed by atoms with E-state index in [2.05, 4.69) is 16.9 Å². The van der Waals surface area contributed by atoms with E-state index in [-0.39, 0.29) is 29.0 Å². The summed E-state index contributed by atoms with van der Waals surface area (Å²) in [4.78, 5) is 14.1. The van der Waals surface area contributed by atoms with Gasteiger partial charge in [-0.1, -0.05) is 24.3 Å². The van der Waals surface area contributed by atoms with Crippen LogP contribution < -0.4 is 10.1 Å². The third kappa shape index (κ3) is 2.60. The number of hydrogen-bond donors (Lipinski definition) is 1. The Balaban J connectivity index is 3.26. The monoisotopic (exact) mass is 243 g/mol. The van der Waals surface area contributed by atoms with Crippen LogP contribution in [0.3, 0.4) is 0 Å². The molecular weight excluding hydrogens is 234 g/mol. The smallest absolute Gasteiger partial charge is 0.352 e. The second-order valence-corrected chi connectivity index (χ2v) is 3.13. The molecule has 0 amide bonds. The maximum absolute atomic E-state index is 10.9. The highest BCUT2D eigenvalue weighted by Gasteiger charge is 2.23. The average Bonchev–Trinajstić information content (AvgIpc) is 2.24. The van der Waals surface area contributed by atoms with Gasteiger partial charge in [-0.2, -0.15) is 0 Å². The Bertz CT molecular complexity index is 423. The van der Waals surface area contributed by atoms with E-state index >= 15 is 0 Å². The van der Waals surface area contributed by atoms with Crippen LogP contribution in [0.25, 0.3) is 0 Å². The molecule has 0 fully saturated rings. The zero-order valence-electron chi connectivity index (χ0n) is 8.57. The normalized spacial score (nSPS) is 9.62. The maximum atomic E-state index is 10.9. The Hall–Kier alpha value is -1.82. The second-order valence-electron chi connectivity index (χ2n) is 2.75. The molecule has 0 aliphatic carbocycles. The number of anilines is 1. The van der Waals surface area contributed by atoms with Gasteiger partial charge in [0, 0.05) is 13.1 Å². The molecule has 1 rings (SSSR count). The molecule has 1 aromatic heterocycles. The predicted octanol–water partition coefficient (Wildman–Crippen LogP) is 2.25. The van der Waals surface area contributed by atoms with Crippen LogP contribution in [-0.2, 0) is 0 Å². The summed E-state index contributed by atoms with van der Waals surface area (Å²) < 4.78 is 5.15. The lowest BCUT2D eigenvalue weighted by Crippen LogP contribution is -2.04. The van der Waals surface area contributed by atoms with E-state index in [0.717, 1.165) is 0 Å². The SMILES string of the molecule is C=CCOc1cc(Cl)nc(NC)c1[N+](=O)[O-]. The summed E-state index contributed by atoms with van der Waals surface area (Å²) in [5, 5.41) is 13.6. The van der Waals surface area contributed by atoms with Crippen LogP contribution in [0.2, 0.25) is 5.15 Å². The number of rotatable bonds is 5. The molecule has 1 N–H and O–H groups in total. The molecule has 1 heterocycles. The summed E-state index contributed by atoms with van der Waals surface area (Å²) in [6.07, 6.45) is 1.48. The number of pyridine rings is 1. The van der Waals surface area contributed by atoms with E-state index in [1.165, 1.54) is 19.2 Å². The fourth-order valence-corrected chi connectivity index (χ4v) is 1.28. The topological polar surface area (TPSA) is 77.3 Å². The van der Waals surface area contributed by atoms with Crippen molar-refractivity contribution in [1.82, 2.24) is 4.98 Å². The number of aromatic nitrogens is 1. The van der Waals surface area contributed by atoms with Gasteiger partial charge in [0.2, 0.25) is 11.6 Å². The molecule has 0 radical (unpaired) electrons. The molecule has 0 aromatic carbocycles. The van der Waals surface area contributed by atoms with E-state index < -0.39 is 4.92 Å². The Kier molecular flexibility index (Phi) is 4.07. The lowest BCUT2D eigenvalue weighted by atomic mass is 10.3. The zero-order valence-corrected chi connectivity index (χ0v) is 9.32. The third-order valence-corrected chi connectivity index (χ3v) is 1.90. The van der Waals surface area contributed by atoms with Gasteiger partial charge in [0.05, 0.1) is 4.92 Å². The van der Waals surface area contributed by atoms with Crippen molar-refractivity contribution < 1.29 is 9.66 Å². The van der Waals surface area contributed by atoms with Crippen LogP contribution in [0.5, 0.6) is 5.75 Å². The molecule has 0 atom stereocenters. The number of hydrogen-bond acceptors (Lipinski definition) is 5. The van der Waals surface area contributed by atoms with Gasteiger partial charge in [-0.3, -0.25) is 10.1 Å². The van der Waals surface area contributed by atoms with Crippen molar-refractivity contribution in [3.8, 4) is 5.75 Å². The van der Waals surface area contributed by atoms with E-state index in [9.17, 15) is 10.1 Å². The number of nitrogens with one attached hydrogen (secondary N) is 1. The Labute approximate surface area is 97.0 Å². The Morgan fingerprint density at radius 3 is 3.00 bits per heavy atom. The van der Waals surface area contributed by atoms with E-state index in [1.54, 1.807) is 0 Å². The number of nitro groups is 1. The molecule has 6 nitrogen and oxygen atoms in total. The van der Waals surface area contributed by atoms with Crippen molar-refractivity contribution in [1.29, 1.82) is 0 Å². The van der Waals surface area contributed by atoms with Crippen LogP contribution in [0.4, 0.5) is 11.5 Å². The molecule has 0 saturated heterocycles. The minimum atomic E-state index is -0.576. The number of nitrogens with zero attached hydrogens (tertiary/aromatic N) is 2. The number of ether oxygens (including phenoxy) is 1. The van der Waals surface area contributed by atoms with Gasteiger partial charge in [0.15, 0.2) is 0 Å². The molecule has 86 valence electrons. The summed E-state index contributed by atoms with van der Waals surface area (Å²) >= 11 is 5.70. The first-order valence-corrected chi connectivity index (χ1v) is 4.74. The highest BCUT2D eigenvalue weighted by Crippen LogP contribution is 2.35.